The second-order valence-electron chi connectivity index (χ2n) is 5.33. The molecule has 1 atom stereocenters. The number of nitrogens with zero attached hydrogens (tertiary/aromatic N) is 3. The lowest BCUT2D eigenvalue weighted by atomic mass is 9.98. The molecule has 0 radical (unpaired) electrons. The van der Waals surface area contributed by atoms with Crippen LogP contribution in [-0.2, 0) is 0 Å². The average molecular weight is 279 g/mol. The topological polar surface area (TPSA) is 57.8 Å². The summed E-state index contributed by atoms with van der Waals surface area (Å²) in [6.45, 7) is 3.45. The van der Waals surface area contributed by atoms with Crippen LogP contribution in [0.25, 0.3) is 4.96 Å². The molecule has 2 aromatic heterocycles. The molecule has 0 spiro atoms. The predicted molar refractivity (Wildman–Crippen MR) is 75.1 cm³/mol. The van der Waals surface area contributed by atoms with Crippen LogP contribution in [0.4, 0.5) is 5.82 Å². The standard InChI is InChI=1S/C13H17N3O2S/c1-13(18)3-2-5-15(6-4-13)11-10(9-17)16-7-8-19-12(16)14-11/h7-9,18H,2-6H2,1H3. The van der Waals surface area contributed by atoms with Gasteiger partial charge >= 0.3 is 0 Å². The molecule has 3 heterocycles. The van der Waals surface area contributed by atoms with E-state index in [-0.39, 0.29) is 0 Å². The zero-order chi connectivity index (χ0) is 13.5. The van der Waals surface area contributed by atoms with Crippen molar-refractivity contribution in [3.8, 4) is 0 Å². The molecular weight excluding hydrogens is 262 g/mol. The number of hydrogen-bond donors (Lipinski definition) is 1. The van der Waals surface area contributed by atoms with Crippen molar-refractivity contribution in [3.63, 3.8) is 0 Å². The zero-order valence-corrected chi connectivity index (χ0v) is 11.7. The molecule has 0 saturated carbocycles. The Balaban J connectivity index is 1.95. The molecule has 0 bridgehead atoms. The number of anilines is 1. The number of aliphatic hydroxyl groups is 1. The quantitative estimate of drug-likeness (QED) is 0.854. The Bertz CT molecular complexity index is 602. The van der Waals surface area contributed by atoms with Crippen molar-refractivity contribution in [2.24, 2.45) is 0 Å². The number of thiazole rings is 1. The van der Waals surface area contributed by atoms with Gasteiger partial charge in [-0.3, -0.25) is 9.20 Å². The summed E-state index contributed by atoms with van der Waals surface area (Å²) < 4.78 is 1.83. The first-order valence-corrected chi connectivity index (χ1v) is 7.37. The van der Waals surface area contributed by atoms with Gasteiger partial charge in [0.15, 0.2) is 17.1 Å². The summed E-state index contributed by atoms with van der Waals surface area (Å²) in [5.41, 5.74) is 0.00511. The molecule has 1 N–H and O–H groups in total. The monoisotopic (exact) mass is 279 g/mol. The summed E-state index contributed by atoms with van der Waals surface area (Å²) >= 11 is 1.52. The van der Waals surface area contributed by atoms with Crippen LogP contribution in [0.5, 0.6) is 0 Å². The van der Waals surface area contributed by atoms with Crippen LogP contribution in [0.3, 0.4) is 0 Å². The van der Waals surface area contributed by atoms with Gasteiger partial charge in [-0.25, -0.2) is 4.98 Å². The second kappa shape index (κ2) is 4.61. The Hall–Kier alpha value is -1.40. The van der Waals surface area contributed by atoms with Crippen LogP contribution >= 0.6 is 11.3 Å². The summed E-state index contributed by atoms with van der Waals surface area (Å²) in [4.78, 5) is 18.8. The van der Waals surface area contributed by atoms with E-state index in [0.717, 1.165) is 43.0 Å². The Morgan fingerprint density at radius 2 is 2.32 bits per heavy atom. The van der Waals surface area contributed by atoms with Gasteiger partial charge in [-0.1, -0.05) is 0 Å². The van der Waals surface area contributed by atoms with Gasteiger partial charge in [0.05, 0.1) is 5.60 Å². The number of aromatic nitrogens is 2. The van der Waals surface area contributed by atoms with Gasteiger partial charge in [-0.05, 0) is 26.2 Å². The highest BCUT2D eigenvalue weighted by molar-refractivity contribution is 7.15. The van der Waals surface area contributed by atoms with Crippen molar-refractivity contribution in [2.45, 2.75) is 31.8 Å². The highest BCUT2D eigenvalue weighted by Crippen LogP contribution is 2.28. The number of fused-ring (bicyclic) bond motifs is 1. The molecule has 6 heteroatoms. The van der Waals surface area contributed by atoms with Crippen molar-refractivity contribution in [2.75, 3.05) is 18.0 Å². The highest BCUT2D eigenvalue weighted by Gasteiger charge is 2.27. The van der Waals surface area contributed by atoms with Crippen LogP contribution < -0.4 is 4.90 Å². The van der Waals surface area contributed by atoms with E-state index in [9.17, 15) is 9.90 Å². The van der Waals surface area contributed by atoms with Gasteiger partial charge in [-0.15, -0.1) is 11.3 Å². The van der Waals surface area contributed by atoms with Crippen LogP contribution in [0.15, 0.2) is 11.6 Å². The van der Waals surface area contributed by atoms with Crippen molar-refractivity contribution in [1.29, 1.82) is 0 Å². The maximum Gasteiger partial charge on any atom is 0.196 e. The Labute approximate surface area is 115 Å². The van der Waals surface area contributed by atoms with Crippen molar-refractivity contribution in [1.82, 2.24) is 9.38 Å². The molecule has 1 aliphatic heterocycles. The third-order valence-corrected chi connectivity index (χ3v) is 4.51. The van der Waals surface area contributed by atoms with Crippen molar-refractivity contribution >= 4 is 28.4 Å². The van der Waals surface area contributed by atoms with E-state index >= 15 is 0 Å². The smallest absolute Gasteiger partial charge is 0.196 e. The molecule has 5 nitrogen and oxygen atoms in total. The van der Waals surface area contributed by atoms with Gasteiger partial charge in [0.1, 0.15) is 5.69 Å². The largest absolute Gasteiger partial charge is 0.390 e. The predicted octanol–water partition coefficient (Wildman–Crippen LogP) is 1.95. The minimum absolute atomic E-state index is 0.604. The molecule has 0 aliphatic carbocycles. The Morgan fingerprint density at radius 1 is 1.47 bits per heavy atom. The highest BCUT2D eigenvalue weighted by atomic mass is 32.1. The van der Waals surface area contributed by atoms with Crippen LogP contribution in [0, 0.1) is 0 Å². The van der Waals surface area contributed by atoms with E-state index in [2.05, 4.69) is 9.88 Å². The number of imidazole rings is 1. The number of rotatable bonds is 2. The lowest BCUT2D eigenvalue weighted by Crippen LogP contribution is -2.29. The number of carbonyl (C=O) groups is 1. The maximum absolute atomic E-state index is 11.3. The first-order valence-electron chi connectivity index (χ1n) is 6.49. The van der Waals surface area contributed by atoms with Gasteiger partial charge in [0, 0.05) is 24.7 Å². The van der Waals surface area contributed by atoms with E-state index in [1.165, 1.54) is 11.3 Å². The number of carbonyl (C=O) groups excluding carboxylic acids is 1. The van der Waals surface area contributed by atoms with Crippen molar-refractivity contribution in [3.05, 3.63) is 17.3 Å². The summed E-state index contributed by atoms with van der Waals surface area (Å²) in [6, 6.07) is 0. The van der Waals surface area contributed by atoms with Gasteiger partial charge in [0.2, 0.25) is 0 Å². The van der Waals surface area contributed by atoms with Crippen LogP contribution in [-0.4, -0.2) is 39.5 Å². The molecule has 1 fully saturated rings. The third kappa shape index (κ3) is 2.26. The van der Waals surface area contributed by atoms with Gasteiger partial charge < -0.3 is 10.0 Å². The molecule has 3 rings (SSSR count). The molecule has 0 amide bonds. The SMILES string of the molecule is CC1(O)CCCN(c2nc3sccn3c2C=O)CC1. The number of aldehydes is 1. The van der Waals surface area contributed by atoms with Crippen LogP contribution in [0.2, 0.25) is 0 Å². The zero-order valence-electron chi connectivity index (χ0n) is 10.9. The molecular formula is C13H17N3O2S. The first kappa shape index (κ1) is 12.6. The van der Waals surface area contributed by atoms with Crippen LogP contribution in [0.1, 0.15) is 36.7 Å². The van der Waals surface area contributed by atoms with E-state index in [0.29, 0.717) is 12.1 Å². The summed E-state index contributed by atoms with van der Waals surface area (Å²) in [5.74, 6) is 0.750. The molecule has 1 unspecified atom stereocenters. The third-order valence-electron chi connectivity index (χ3n) is 3.75. The number of hydrogen-bond acceptors (Lipinski definition) is 5. The fourth-order valence-corrected chi connectivity index (χ4v) is 3.33. The molecule has 2 aromatic rings. The summed E-state index contributed by atoms with van der Waals surface area (Å²) in [6.07, 6.45) is 5.15. The fraction of sp³-hybridized carbons (Fsp3) is 0.538. The molecule has 19 heavy (non-hydrogen) atoms. The lowest BCUT2D eigenvalue weighted by Gasteiger charge is -2.22. The minimum Gasteiger partial charge on any atom is -0.390 e. The normalized spacial score (nSPS) is 24.6. The average Bonchev–Trinajstić information content (AvgIpc) is 2.88. The van der Waals surface area contributed by atoms with E-state index < -0.39 is 5.60 Å². The lowest BCUT2D eigenvalue weighted by molar-refractivity contribution is 0.0481. The maximum atomic E-state index is 11.3. The van der Waals surface area contributed by atoms with Gasteiger partial charge in [-0.2, -0.15) is 0 Å². The first-order chi connectivity index (χ1) is 9.11. The van der Waals surface area contributed by atoms with E-state index in [4.69, 9.17) is 0 Å². The molecule has 102 valence electrons. The minimum atomic E-state index is -0.604. The Morgan fingerprint density at radius 3 is 3.11 bits per heavy atom. The van der Waals surface area contributed by atoms with E-state index in [1.807, 2.05) is 22.9 Å². The van der Waals surface area contributed by atoms with E-state index in [1.54, 1.807) is 0 Å². The Kier molecular flexibility index (Phi) is 3.06. The van der Waals surface area contributed by atoms with Crippen molar-refractivity contribution < 1.29 is 9.90 Å². The summed E-state index contributed by atoms with van der Waals surface area (Å²) in [7, 11) is 0. The van der Waals surface area contributed by atoms with Gasteiger partial charge in [0.25, 0.3) is 0 Å². The molecule has 1 aliphatic rings. The second-order valence-corrected chi connectivity index (χ2v) is 6.20. The molecule has 1 saturated heterocycles. The fourth-order valence-electron chi connectivity index (χ4n) is 2.61. The summed E-state index contributed by atoms with van der Waals surface area (Å²) in [5, 5.41) is 12.0. The molecule has 0 aromatic carbocycles.